The zero-order valence-corrected chi connectivity index (χ0v) is 20.4. The van der Waals surface area contributed by atoms with Crippen LogP contribution in [0.15, 0.2) is 76.2 Å². The SMILES string of the molecule is Cc1csc(-c2csc(-c3c(C)nc(-c4cccc(F)c4)n(CCc4ccccc4)c3=O)c2)n1. The van der Waals surface area contributed by atoms with Crippen LogP contribution in [0, 0.1) is 19.7 Å². The predicted octanol–water partition coefficient (Wildman–Crippen LogP) is 6.76. The third kappa shape index (κ3) is 4.49. The molecular formula is C27H22FN3OS2. The Hall–Kier alpha value is -3.42. The van der Waals surface area contributed by atoms with Gasteiger partial charge >= 0.3 is 0 Å². The Morgan fingerprint density at radius 3 is 2.47 bits per heavy atom. The van der Waals surface area contributed by atoms with Crippen molar-refractivity contribution in [2.45, 2.75) is 26.8 Å². The molecule has 5 rings (SSSR count). The Morgan fingerprint density at radius 2 is 1.74 bits per heavy atom. The summed E-state index contributed by atoms with van der Waals surface area (Å²) in [5.74, 6) is 0.124. The number of halogens is 1. The van der Waals surface area contributed by atoms with Crippen molar-refractivity contribution in [2.75, 3.05) is 0 Å². The second-order valence-electron chi connectivity index (χ2n) is 8.09. The van der Waals surface area contributed by atoms with Crippen LogP contribution in [0.1, 0.15) is 17.0 Å². The van der Waals surface area contributed by atoms with Crippen LogP contribution >= 0.6 is 22.7 Å². The van der Waals surface area contributed by atoms with Crippen LogP contribution in [0.2, 0.25) is 0 Å². The van der Waals surface area contributed by atoms with Gasteiger partial charge in [-0.15, -0.1) is 22.7 Å². The average Bonchev–Trinajstić information content (AvgIpc) is 3.48. The van der Waals surface area contributed by atoms with E-state index >= 15 is 0 Å². The van der Waals surface area contributed by atoms with E-state index in [9.17, 15) is 9.18 Å². The summed E-state index contributed by atoms with van der Waals surface area (Å²) in [7, 11) is 0. The van der Waals surface area contributed by atoms with Gasteiger partial charge in [-0.3, -0.25) is 9.36 Å². The lowest BCUT2D eigenvalue weighted by molar-refractivity contribution is 0.626. The van der Waals surface area contributed by atoms with Crippen LogP contribution in [0.3, 0.4) is 0 Å². The van der Waals surface area contributed by atoms with Gasteiger partial charge < -0.3 is 0 Å². The maximum atomic E-state index is 14.0. The molecule has 0 fully saturated rings. The number of thiophene rings is 1. The fraction of sp³-hybridized carbons (Fsp3) is 0.148. The first-order chi connectivity index (χ1) is 16.5. The summed E-state index contributed by atoms with van der Waals surface area (Å²) in [6.45, 7) is 4.25. The van der Waals surface area contributed by atoms with E-state index in [2.05, 4.69) is 4.98 Å². The Labute approximate surface area is 205 Å². The van der Waals surface area contributed by atoms with Gasteiger partial charge in [0.1, 0.15) is 16.6 Å². The highest BCUT2D eigenvalue weighted by molar-refractivity contribution is 7.15. The standard InChI is InChI=1S/C27H22FN3OS2/c1-17-15-34-26(29-17)21-14-23(33-16-21)24-18(2)30-25(20-9-6-10-22(28)13-20)31(27(24)32)12-11-19-7-4-3-5-8-19/h3-10,13-16H,11-12H2,1-2H3. The molecule has 170 valence electrons. The highest BCUT2D eigenvalue weighted by Gasteiger charge is 2.19. The van der Waals surface area contributed by atoms with Gasteiger partial charge in [0.05, 0.1) is 11.3 Å². The minimum absolute atomic E-state index is 0.119. The maximum absolute atomic E-state index is 14.0. The van der Waals surface area contributed by atoms with Gasteiger partial charge in [0.25, 0.3) is 5.56 Å². The Morgan fingerprint density at radius 1 is 0.912 bits per heavy atom. The van der Waals surface area contributed by atoms with Crippen LogP contribution in [0.4, 0.5) is 4.39 Å². The third-order valence-corrected chi connectivity index (χ3v) is 7.57. The zero-order valence-electron chi connectivity index (χ0n) is 18.8. The van der Waals surface area contributed by atoms with Crippen LogP contribution in [-0.4, -0.2) is 14.5 Å². The van der Waals surface area contributed by atoms with Gasteiger partial charge in [0.15, 0.2) is 0 Å². The normalized spacial score (nSPS) is 11.1. The van der Waals surface area contributed by atoms with Gasteiger partial charge in [-0.1, -0.05) is 42.5 Å². The van der Waals surface area contributed by atoms with Gasteiger partial charge in [0.2, 0.25) is 0 Å². The van der Waals surface area contributed by atoms with E-state index < -0.39 is 0 Å². The van der Waals surface area contributed by atoms with Crippen molar-refractivity contribution in [2.24, 2.45) is 0 Å². The maximum Gasteiger partial charge on any atom is 0.262 e. The van der Waals surface area contributed by atoms with Crippen molar-refractivity contribution in [3.63, 3.8) is 0 Å². The smallest absolute Gasteiger partial charge is 0.262 e. The molecule has 0 radical (unpaired) electrons. The fourth-order valence-corrected chi connectivity index (χ4v) is 5.79. The summed E-state index contributed by atoms with van der Waals surface area (Å²) in [5.41, 5.74) is 4.78. The summed E-state index contributed by atoms with van der Waals surface area (Å²) in [6, 6.07) is 18.3. The van der Waals surface area contributed by atoms with Gasteiger partial charge in [0, 0.05) is 39.0 Å². The highest BCUT2D eigenvalue weighted by atomic mass is 32.1. The molecule has 0 saturated heterocycles. The Kier molecular flexibility index (Phi) is 6.22. The lowest BCUT2D eigenvalue weighted by Crippen LogP contribution is -2.27. The summed E-state index contributed by atoms with van der Waals surface area (Å²) in [6.07, 6.45) is 0.668. The molecule has 0 bridgehead atoms. The summed E-state index contributed by atoms with van der Waals surface area (Å²) in [5, 5.41) is 4.98. The lowest BCUT2D eigenvalue weighted by Gasteiger charge is -2.16. The first kappa shape index (κ1) is 22.4. The third-order valence-electron chi connectivity index (χ3n) is 5.61. The van der Waals surface area contributed by atoms with Crippen molar-refractivity contribution >= 4 is 22.7 Å². The summed E-state index contributed by atoms with van der Waals surface area (Å²) >= 11 is 3.11. The molecule has 4 nitrogen and oxygen atoms in total. The number of rotatable bonds is 6. The molecule has 0 aliphatic carbocycles. The van der Waals surface area contributed by atoms with E-state index in [1.165, 1.54) is 23.5 Å². The van der Waals surface area contributed by atoms with E-state index in [0.29, 0.717) is 35.6 Å². The number of benzene rings is 2. The topological polar surface area (TPSA) is 47.8 Å². The molecule has 5 aromatic rings. The number of thiazole rings is 1. The monoisotopic (exact) mass is 487 g/mol. The van der Waals surface area contributed by atoms with Crippen molar-refractivity contribution in [3.8, 4) is 32.4 Å². The van der Waals surface area contributed by atoms with Crippen LogP contribution in [0.5, 0.6) is 0 Å². The first-order valence-electron chi connectivity index (χ1n) is 10.9. The molecule has 0 spiro atoms. The number of nitrogens with zero attached hydrogens (tertiary/aromatic N) is 3. The quantitative estimate of drug-likeness (QED) is 0.266. The molecule has 7 heteroatoms. The minimum Gasteiger partial charge on any atom is -0.292 e. The van der Waals surface area contributed by atoms with E-state index in [0.717, 1.165) is 26.7 Å². The van der Waals surface area contributed by atoms with E-state index in [1.54, 1.807) is 28.0 Å². The number of aryl methyl sites for hydroxylation is 3. The van der Waals surface area contributed by atoms with Crippen molar-refractivity contribution < 1.29 is 4.39 Å². The van der Waals surface area contributed by atoms with Crippen molar-refractivity contribution in [1.29, 1.82) is 0 Å². The van der Waals surface area contributed by atoms with Crippen LogP contribution < -0.4 is 5.56 Å². The average molecular weight is 488 g/mol. The van der Waals surface area contributed by atoms with Gasteiger partial charge in [-0.25, -0.2) is 14.4 Å². The summed E-state index contributed by atoms with van der Waals surface area (Å²) < 4.78 is 15.7. The minimum atomic E-state index is -0.357. The molecule has 0 saturated carbocycles. The molecular weight excluding hydrogens is 465 g/mol. The molecule has 2 aromatic carbocycles. The van der Waals surface area contributed by atoms with Gasteiger partial charge in [-0.2, -0.15) is 0 Å². The Balaban J connectivity index is 1.62. The fourth-order valence-electron chi connectivity index (χ4n) is 3.95. The second kappa shape index (κ2) is 9.44. The van der Waals surface area contributed by atoms with E-state index in [-0.39, 0.29) is 11.4 Å². The molecule has 0 amide bonds. The number of hydrogen-bond donors (Lipinski definition) is 0. The van der Waals surface area contributed by atoms with Crippen LogP contribution in [0.25, 0.3) is 32.4 Å². The van der Waals surface area contributed by atoms with Gasteiger partial charge in [-0.05, 0) is 44.0 Å². The molecule has 0 unspecified atom stereocenters. The number of hydrogen-bond acceptors (Lipinski definition) is 5. The largest absolute Gasteiger partial charge is 0.292 e. The molecule has 0 aliphatic heterocycles. The molecule has 0 aliphatic rings. The predicted molar refractivity (Wildman–Crippen MR) is 138 cm³/mol. The van der Waals surface area contributed by atoms with E-state index in [1.807, 2.05) is 61.0 Å². The lowest BCUT2D eigenvalue weighted by atomic mass is 10.1. The van der Waals surface area contributed by atoms with Crippen molar-refractivity contribution in [1.82, 2.24) is 14.5 Å². The molecule has 0 N–H and O–H groups in total. The first-order valence-corrected chi connectivity index (χ1v) is 12.7. The summed E-state index contributed by atoms with van der Waals surface area (Å²) in [4.78, 5) is 24.1. The molecule has 3 aromatic heterocycles. The van der Waals surface area contributed by atoms with Crippen molar-refractivity contribution in [3.05, 3.63) is 105 Å². The highest BCUT2D eigenvalue weighted by Crippen LogP contribution is 2.34. The van der Waals surface area contributed by atoms with Crippen LogP contribution in [-0.2, 0) is 13.0 Å². The Bertz CT molecular complexity index is 1520. The molecule has 0 atom stereocenters. The zero-order chi connectivity index (χ0) is 23.7. The van der Waals surface area contributed by atoms with E-state index in [4.69, 9.17) is 4.98 Å². The molecule has 3 heterocycles. The molecule has 34 heavy (non-hydrogen) atoms. The second-order valence-corrected chi connectivity index (χ2v) is 9.86. The number of aromatic nitrogens is 3.